The predicted molar refractivity (Wildman–Crippen MR) is 107 cm³/mol. The zero-order chi connectivity index (χ0) is 19.9. The van der Waals surface area contributed by atoms with Crippen molar-refractivity contribution in [2.75, 3.05) is 5.32 Å². The first-order valence-electron chi connectivity index (χ1n) is 9.03. The number of aromatic nitrogens is 1. The van der Waals surface area contributed by atoms with Crippen LogP contribution in [0.25, 0.3) is 0 Å². The molecule has 3 aromatic rings. The molecule has 0 aliphatic heterocycles. The lowest BCUT2D eigenvalue weighted by atomic mass is 10.2. The van der Waals surface area contributed by atoms with Gasteiger partial charge >= 0.3 is 0 Å². The molecule has 0 aliphatic rings. The normalized spacial score (nSPS) is 10.6. The molecular formula is C22H22FN3O2. The van der Waals surface area contributed by atoms with Gasteiger partial charge in [-0.15, -0.1) is 0 Å². The Kier molecular flexibility index (Phi) is 6.22. The van der Waals surface area contributed by atoms with E-state index in [2.05, 4.69) is 15.6 Å². The van der Waals surface area contributed by atoms with E-state index in [4.69, 9.17) is 4.74 Å². The second-order valence-corrected chi connectivity index (χ2v) is 6.49. The SMILES string of the molecule is CC(C)Oc1ccccc1Nc1ccc(C(=O)NCc2ccccc2F)nc1. The van der Waals surface area contributed by atoms with Crippen molar-refractivity contribution in [3.05, 3.63) is 83.9 Å². The topological polar surface area (TPSA) is 63.2 Å². The van der Waals surface area contributed by atoms with E-state index in [1.165, 1.54) is 6.07 Å². The molecule has 0 fully saturated rings. The number of nitrogens with zero attached hydrogens (tertiary/aromatic N) is 1. The van der Waals surface area contributed by atoms with E-state index in [9.17, 15) is 9.18 Å². The summed E-state index contributed by atoms with van der Waals surface area (Å²) in [5.41, 5.74) is 2.23. The molecule has 5 nitrogen and oxygen atoms in total. The molecule has 3 rings (SSSR count). The zero-order valence-corrected chi connectivity index (χ0v) is 15.8. The van der Waals surface area contributed by atoms with Crippen LogP contribution in [0, 0.1) is 5.82 Å². The number of carbonyl (C=O) groups is 1. The average molecular weight is 379 g/mol. The summed E-state index contributed by atoms with van der Waals surface area (Å²) in [6.07, 6.45) is 1.63. The summed E-state index contributed by atoms with van der Waals surface area (Å²) in [5.74, 6) is 0.0279. The fourth-order valence-electron chi connectivity index (χ4n) is 2.59. The number of hydrogen-bond donors (Lipinski definition) is 2. The van der Waals surface area contributed by atoms with Crippen LogP contribution in [0.1, 0.15) is 29.9 Å². The third-order valence-electron chi connectivity index (χ3n) is 3.92. The van der Waals surface area contributed by atoms with Crippen LogP contribution in [-0.4, -0.2) is 17.0 Å². The van der Waals surface area contributed by atoms with Gasteiger partial charge in [-0.2, -0.15) is 0 Å². The molecule has 1 aromatic heterocycles. The standard InChI is InChI=1S/C22H22FN3O2/c1-15(2)28-21-10-6-5-9-19(21)26-17-11-12-20(24-14-17)22(27)25-13-16-7-3-4-8-18(16)23/h3-12,14-15,26H,13H2,1-2H3,(H,25,27). The molecule has 144 valence electrons. The van der Waals surface area contributed by atoms with Crippen molar-refractivity contribution >= 4 is 17.3 Å². The molecule has 0 saturated heterocycles. The van der Waals surface area contributed by atoms with Crippen LogP contribution >= 0.6 is 0 Å². The minimum Gasteiger partial charge on any atom is -0.489 e. The molecule has 0 unspecified atom stereocenters. The Bertz CT molecular complexity index is 943. The Morgan fingerprint density at radius 2 is 1.82 bits per heavy atom. The van der Waals surface area contributed by atoms with Crippen molar-refractivity contribution in [2.45, 2.75) is 26.5 Å². The molecule has 0 bridgehead atoms. The second-order valence-electron chi connectivity index (χ2n) is 6.49. The molecule has 1 heterocycles. The number of hydrogen-bond acceptors (Lipinski definition) is 4. The van der Waals surface area contributed by atoms with Gasteiger partial charge in [-0.25, -0.2) is 9.37 Å². The molecule has 28 heavy (non-hydrogen) atoms. The summed E-state index contributed by atoms with van der Waals surface area (Å²) in [6.45, 7) is 4.03. The van der Waals surface area contributed by atoms with Gasteiger partial charge in [0.05, 0.1) is 23.7 Å². The molecule has 2 aromatic carbocycles. The first kappa shape index (κ1) is 19.4. The van der Waals surface area contributed by atoms with Gasteiger partial charge in [-0.05, 0) is 44.2 Å². The van der Waals surface area contributed by atoms with E-state index in [1.54, 1.807) is 36.5 Å². The third kappa shape index (κ3) is 5.07. The molecule has 1 amide bonds. The van der Waals surface area contributed by atoms with Gasteiger partial charge in [0, 0.05) is 12.1 Å². The van der Waals surface area contributed by atoms with Gasteiger partial charge in [-0.3, -0.25) is 4.79 Å². The molecule has 2 N–H and O–H groups in total. The van der Waals surface area contributed by atoms with E-state index >= 15 is 0 Å². The van der Waals surface area contributed by atoms with Crippen LogP contribution in [0.2, 0.25) is 0 Å². The number of carbonyl (C=O) groups excluding carboxylic acids is 1. The predicted octanol–water partition coefficient (Wildman–Crippen LogP) is 4.68. The molecule has 6 heteroatoms. The van der Waals surface area contributed by atoms with Gasteiger partial charge in [0.15, 0.2) is 0 Å². The lowest BCUT2D eigenvalue weighted by molar-refractivity contribution is 0.0945. The summed E-state index contributed by atoms with van der Waals surface area (Å²) >= 11 is 0. The van der Waals surface area contributed by atoms with E-state index < -0.39 is 0 Å². The van der Waals surface area contributed by atoms with E-state index in [0.717, 1.165) is 17.1 Å². The van der Waals surface area contributed by atoms with Crippen molar-refractivity contribution < 1.29 is 13.9 Å². The van der Waals surface area contributed by atoms with Crippen molar-refractivity contribution in [1.29, 1.82) is 0 Å². The molecular weight excluding hydrogens is 357 g/mol. The maximum absolute atomic E-state index is 13.6. The highest BCUT2D eigenvalue weighted by Crippen LogP contribution is 2.28. The van der Waals surface area contributed by atoms with E-state index in [0.29, 0.717) is 5.56 Å². The van der Waals surface area contributed by atoms with Crippen molar-refractivity contribution in [2.24, 2.45) is 0 Å². The number of rotatable bonds is 7. The van der Waals surface area contributed by atoms with Crippen LogP contribution < -0.4 is 15.4 Å². The minimum atomic E-state index is -0.363. The van der Waals surface area contributed by atoms with Crippen LogP contribution in [0.3, 0.4) is 0 Å². The smallest absolute Gasteiger partial charge is 0.270 e. The highest BCUT2D eigenvalue weighted by atomic mass is 19.1. The fraction of sp³-hybridized carbons (Fsp3) is 0.182. The number of amides is 1. The van der Waals surface area contributed by atoms with Crippen molar-refractivity contribution in [3.63, 3.8) is 0 Å². The first-order valence-corrected chi connectivity index (χ1v) is 9.03. The number of pyridine rings is 1. The largest absolute Gasteiger partial charge is 0.489 e. The summed E-state index contributed by atoms with van der Waals surface area (Å²) < 4.78 is 19.4. The minimum absolute atomic E-state index is 0.0570. The van der Waals surface area contributed by atoms with Gasteiger partial charge in [0.2, 0.25) is 0 Å². The number of para-hydroxylation sites is 2. The lowest BCUT2D eigenvalue weighted by Gasteiger charge is -2.15. The highest BCUT2D eigenvalue weighted by Gasteiger charge is 2.10. The molecule has 0 atom stereocenters. The summed E-state index contributed by atoms with van der Waals surface area (Å²) in [4.78, 5) is 16.4. The Hall–Kier alpha value is -3.41. The van der Waals surface area contributed by atoms with Crippen LogP contribution in [-0.2, 0) is 6.54 Å². The van der Waals surface area contributed by atoms with Gasteiger partial charge < -0.3 is 15.4 Å². The van der Waals surface area contributed by atoms with E-state index in [1.807, 2.05) is 38.1 Å². The number of ether oxygens (including phenoxy) is 1. The van der Waals surface area contributed by atoms with Gasteiger partial charge in [-0.1, -0.05) is 30.3 Å². The van der Waals surface area contributed by atoms with Gasteiger partial charge in [0.1, 0.15) is 17.3 Å². The Balaban J connectivity index is 1.64. The summed E-state index contributed by atoms with van der Waals surface area (Å²) in [7, 11) is 0. The third-order valence-corrected chi connectivity index (χ3v) is 3.92. The van der Waals surface area contributed by atoms with Gasteiger partial charge in [0.25, 0.3) is 5.91 Å². The fourth-order valence-corrected chi connectivity index (χ4v) is 2.59. The van der Waals surface area contributed by atoms with Crippen LogP contribution in [0.15, 0.2) is 66.9 Å². The Morgan fingerprint density at radius 1 is 1.07 bits per heavy atom. The molecule has 0 spiro atoms. The number of benzene rings is 2. The maximum atomic E-state index is 13.6. The first-order chi connectivity index (χ1) is 13.5. The molecule has 0 aliphatic carbocycles. The van der Waals surface area contributed by atoms with Crippen molar-refractivity contribution in [3.8, 4) is 5.75 Å². The summed E-state index contributed by atoms with van der Waals surface area (Å²) in [6, 6.07) is 17.3. The number of nitrogens with one attached hydrogen (secondary N) is 2. The lowest BCUT2D eigenvalue weighted by Crippen LogP contribution is -2.24. The van der Waals surface area contributed by atoms with Crippen LogP contribution in [0.5, 0.6) is 5.75 Å². The number of anilines is 2. The van der Waals surface area contributed by atoms with Crippen molar-refractivity contribution in [1.82, 2.24) is 10.3 Å². The monoisotopic (exact) mass is 379 g/mol. The van der Waals surface area contributed by atoms with E-state index in [-0.39, 0.29) is 30.1 Å². The molecule has 0 radical (unpaired) electrons. The Morgan fingerprint density at radius 3 is 2.54 bits per heavy atom. The Labute approximate surface area is 163 Å². The second kappa shape index (κ2) is 8.99. The summed E-state index contributed by atoms with van der Waals surface area (Å²) in [5, 5.41) is 5.91. The quantitative estimate of drug-likeness (QED) is 0.626. The highest BCUT2D eigenvalue weighted by molar-refractivity contribution is 5.92. The zero-order valence-electron chi connectivity index (χ0n) is 15.8. The maximum Gasteiger partial charge on any atom is 0.270 e. The average Bonchev–Trinajstić information content (AvgIpc) is 2.69. The van der Waals surface area contributed by atoms with Crippen LogP contribution in [0.4, 0.5) is 15.8 Å². The molecule has 0 saturated carbocycles. The number of halogens is 1.